The van der Waals surface area contributed by atoms with Crippen LogP contribution in [0.4, 0.5) is 13.2 Å². The van der Waals surface area contributed by atoms with E-state index in [-0.39, 0.29) is 17.5 Å². The van der Waals surface area contributed by atoms with Crippen LogP contribution in [0.15, 0.2) is 66.2 Å². The molecule has 1 aliphatic rings. The van der Waals surface area contributed by atoms with E-state index in [0.29, 0.717) is 13.0 Å². The Labute approximate surface area is 186 Å². The molecular weight excluding hydrogens is 435 g/mol. The van der Waals surface area contributed by atoms with Crippen molar-refractivity contribution in [2.24, 2.45) is 0 Å². The number of nitrogens with zero attached hydrogens (tertiary/aromatic N) is 3. The van der Waals surface area contributed by atoms with Crippen molar-refractivity contribution in [2.45, 2.75) is 31.5 Å². The summed E-state index contributed by atoms with van der Waals surface area (Å²) in [4.78, 5) is 20.4. The predicted octanol–water partition coefficient (Wildman–Crippen LogP) is 5.93. The van der Waals surface area contributed by atoms with Crippen molar-refractivity contribution < 1.29 is 18.0 Å². The third kappa shape index (κ3) is 4.14. The zero-order valence-corrected chi connectivity index (χ0v) is 17.9. The molecule has 4 aromatic rings. The number of alkyl halides is 3. The number of carbonyl (C=O) groups is 1. The van der Waals surface area contributed by atoms with Crippen LogP contribution in [-0.2, 0) is 12.6 Å². The maximum atomic E-state index is 13.0. The van der Waals surface area contributed by atoms with Gasteiger partial charge in [-0.1, -0.05) is 30.3 Å². The normalized spacial score (nSPS) is 14.1. The van der Waals surface area contributed by atoms with Crippen molar-refractivity contribution in [1.82, 2.24) is 14.3 Å². The molecule has 0 aliphatic heterocycles. The van der Waals surface area contributed by atoms with E-state index in [2.05, 4.69) is 4.40 Å². The summed E-state index contributed by atoms with van der Waals surface area (Å²) in [5.41, 5.74) is 2.55. The smallest absolute Gasteiger partial charge is 0.335 e. The Balaban J connectivity index is 1.33. The van der Waals surface area contributed by atoms with E-state index >= 15 is 0 Å². The summed E-state index contributed by atoms with van der Waals surface area (Å²) in [5, 5.41) is 2.05. The van der Waals surface area contributed by atoms with Gasteiger partial charge in [-0.3, -0.25) is 9.20 Å². The molecule has 1 aliphatic carbocycles. The monoisotopic (exact) mass is 455 g/mol. The average Bonchev–Trinajstić information content (AvgIpc) is 3.42. The lowest BCUT2D eigenvalue weighted by Crippen LogP contribution is -2.35. The first-order chi connectivity index (χ1) is 15.4. The third-order valence-electron chi connectivity index (χ3n) is 5.67. The molecule has 5 rings (SSSR count). The molecule has 0 atom stereocenters. The first-order valence-electron chi connectivity index (χ1n) is 10.4. The van der Waals surface area contributed by atoms with Crippen LogP contribution in [0.2, 0.25) is 0 Å². The van der Waals surface area contributed by atoms with Crippen molar-refractivity contribution in [3.05, 3.63) is 83.0 Å². The molecule has 2 aromatic heterocycles. The molecule has 0 unspecified atom stereocenters. The number of halogens is 3. The minimum absolute atomic E-state index is 0.154. The second-order valence-electron chi connectivity index (χ2n) is 7.93. The molecule has 1 amide bonds. The highest BCUT2D eigenvalue weighted by Gasteiger charge is 2.34. The van der Waals surface area contributed by atoms with E-state index in [0.717, 1.165) is 46.9 Å². The van der Waals surface area contributed by atoms with Gasteiger partial charge in [0, 0.05) is 47.4 Å². The second kappa shape index (κ2) is 8.09. The molecule has 0 bridgehead atoms. The Hall–Kier alpha value is -3.13. The fourth-order valence-electron chi connectivity index (χ4n) is 3.80. The highest BCUT2D eigenvalue weighted by atomic mass is 32.1. The number of carbonyl (C=O) groups excluding carboxylic acids is 1. The summed E-state index contributed by atoms with van der Waals surface area (Å²) < 4.78 is 40.6. The topological polar surface area (TPSA) is 37.6 Å². The Morgan fingerprint density at radius 1 is 1.09 bits per heavy atom. The number of amides is 1. The van der Waals surface area contributed by atoms with Gasteiger partial charge >= 0.3 is 6.18 Å². The first-order valence-corrected chi connectivity index (χ1v) is 11.3. The van der Waals surface area contributed by atoms with E-state index < -0.39 is 11.7 Å². The summed E-state index contributed by atoms with van der Waals surface area (Å²) in [5.74, 6) is -0.219. The van der Waals surface area contributed by atoms with Crippen molar-refractivity contribution >= 4 is 22.2 Å². The molecule has 1 fully saturated rings. The van der Waals surface area contributed by atoms with Crippen molar-refractivity contribution in [3.63, 3.8) is 0 Å². The summed E-state index contributed by atoms with van der Waals surface area (Å²) in [6.45, 7) is 0.509. The van der Waals surface area contributed by atoms with Crippen LogP contribution in [0.3, 0.4) is 0 Å². The molecule has 0 spiro atoms. The summed E-state index contributed by atoms with van der Waals surface area (Å²) >= 11 is 1.56. The quantitative estimate of drug-likeness (QED) is 0.361. The molecule has 2 aromatic carbocycles. The first kappa shape index (κ1) is 20.8. The van der Waals surface area contributed by atoms with Crippen molar-refractivity contribution in [1.29, 1.82) is 0 Å². The Morgan fingerprint density at radius 2 is 1.81 bits per heavy atom. The van der Waals surface area contributed by atoms with Crippen LogP contribution in [0.1, 0.15) is 34.5 Å². The van der Waals surface area contributed by atoms with Gasteiger partial charge in [-0.15, -0.1) is 11.3 Å². The highest BCUT2D eigenvalue weighted by Crippen LogP contribution is 2.32. The molecule has 32 heavy (non-hydrogen) atoms. The molecule has 0 saturated heterocycles. The maximum Gasteiger partial charge on any atom is 0.416 e. The Bertz CT molecular complexity index is 1240. The van der Waals surface area contributed by atoms with E-state index in [1.807, 2.05) is 41.9 Å². The van der Waals surface area contributed by atoms with E-state index in [9.17, 15) is 18.0 Å². The fraction of sp³-hybridized carbons (Fsp3) is 0.250. The van der Waals surface area contributed by atoms with E-state index in [1.165, 1.54) is 12.1 Å². The number of benzene rings is 2. The average molecular weight is 456 g/mol. The number of aromatic nitrogens is 2. The minimum Gasteiger partial charge on any atom is -0.335 e. The van der Waals surface area contributed by atoms with Gasteiger partial charge < -0.3 is 4.90 Å². The van der Waals surface area contributed by atoms with Crippen LogP contribution in [0.25, 0.3) is 16.2 Å². The van der Waals surface area contributed by atoms with Crippen LogP contribution in [0, 0.1) is 0 Å². The molecule has 164 valence electrons. The van der Waals surface area contributed by atoms with Crippen LogP contribution < -0.4 is 0 Å². The molecule has 8 heteroatoms. The number of imidazole rings is 1. The minimum atomic E-state index is -4.41. The summed E-state index contributed by atoms with van der Waals surface area (Å²) in [6, 6.07) is 14.6. The third-order valence-corrected chi connectivity index (χ3v) is 6.56. The van der Waals surface area contributed by atoms with Gasteiger partial charge in [0.2, 0.25) is 0 Å². The van der Waals surface area contributed by atoms with Crippen molar-refractivity contribution in [2.75, 3.05) is 6.54 Å². The van der Waals surface area contributed by atoms with Gasteiger partial charge in [-0.2, -0.15) is 13.2 Å². The summed E-state index contributed by atoms with van der Waals surface area (Å²) in [6.07, 6.45) is 0.0951. The molecule has 0 N–H and O–H groups in total. The standard InChI is InChI=1S/C24H20F3N3OS/c25-24(26,27)18-8-6-17(7-9-18)22(31)29(19-10-11-19)13-12-20-15-32-23-28-21(14-30(20)23)16-4-2-1-3-5-16/h1-9,14-15,19H,10-13H2. The van der Waals surface area contributed by atoms with Gasteiger partial charge in [-0.05, 0) is 37.1 Å². The molecule has 2 heterocycles. The fourth-order valence-corrected chi connectivity index (χ4v) is 4.70. The van der Waals surface area contributed by atoms with Gasteiger partial charge in [0.05, 0.1) is 11.3 Å². The lowest BCUT2D eigenvalue weighted by Gasteiger charge is -2.22. The molecule has 0 radical (unpaired) electrons. The van der Waals surface area contributed by atoms with E-state index in [1.54, 1.807) is 16.2 Å². The van der Waals surface area contributed by atoms with Crippen molar-refractivity contribution in [3.8, 4) is 11.3 Å². The van der Waals surface area contributed by atoms with Gasteiger partial charge in [0.25, 0.3) is 5.91 Å². The summed E-state index contributed by atoms with van der Waals surface area (Å²) in [7, 11) is 0. The van der Waals surface area contributed by atoms with Gasteiger partial charge in [-0.25, -0.2) is 4.98 Å². The van der Waals surface area contributed by atoms with Crippen LogP contribution in [0.5, 0.6) is 0 Å². The van der Waals surface area contributed by atoms with E-state index in [4.69, 9.17) is 4.98 Å². The number of rotatable bonds is 6. The number of fused-ring (bicyclic) bond motifs is 1. The second-order valence-corrected chi connectivity index (χ2v) is 8.76. The largest absolute Gasteiger partial charge is 0.416 e. The SMILES string of the molecule is O=C(c1ccc(C(F)(F)F)cc1)N(CCc1csc2nc(-c3ccccc3)cn12)C1CC1. The molecule has 1 saturated carbocycles. The number of hydrogen-bond acceptors (Lipinski definition) is 3. The van der Waals surface area contributed by atoms with Gasteiger partial charge in [0.15, 0.2) is 4.96 Å². The Kier molecular flexibility index (Phi) is 5.25. The van der Waals surface area contributed by atoms with Crippen LogP contribution in [-0.4, -0.2) is 32.8 Å². The molecular formula is C24H20F3N3OS. The zero-order valence-electron chi connectivity index (χ0n) is 17.0. The highest BCUT2D eigenvalue weighted by molar-refractivity contribution is 7.15. The lowest BCUT2D eigenvalue weighted by atomic mass is 10.1. The number of thiazole rings is 1. The van der Waals surface area contributed by atoms with Gasteiger partial charge in [0.1, 0.15) is 0 Å². The lowest BCUT2D eigenvalue weighted by molar-refractivity contribution is -0.137. The Morgan fingerprint density at radius 3 is 2.47 bits per heavy atom. The molecule has 4 nitrogen and oxygen atoms in total. The van der Waals surface area contributed by atoms with Crippen LogP contribution >= 0.6 is 11.3 Å². The predicted molar refractivity (Wildman–Crippen MR) is 118 cm³/mol. The maximum absolute atomic E-state index is 13.0. The zero-order chi connectivity index (χ0) is 22.3. The number of hydrogen-bond donors (Lipinski definition) is 0.